The van der Waals surface area contributed by atoms with Crippen molar-refractivity contribution in [1.29, 1.82) is 0 Å². The van der Waals surface area contributed by atoms with Crippen molar-refractivity contribution in [3.05, 3.63) is 0 Å². The lowest BCUT2D eigenvalue weighted by atomic mass is 10.0. The van der Waals surface area contributed by atoms with Crippen LogP contribution < -0.4 is 0 Å². The fraction of sp³-hybridized carbons (Fsp3) is 1.00. The molecule has 7 nitrogen and oxygen atoms in total. The van der Waals surface area contributed by atoms with Crippen molar-refractivity contribution >= 4 is 8.17 Å². The van der Waals surface area contributed by atoms with Crippen LogP contribution in [0.1, 0.15) is 6.92 Å². The van der Waals surface area contributed by atoms with E-state index in [1.54, 1.807) is 0 Å². The Bertz CT molecular complexity index is 153. The number of hydrogen-bond acceptors (Lipinski definition) is 7. The maximum absolute atomic E-state index is 9.18. The largest absolute Gasteiger partial charge is 0.567 e. The van der Waals surface area contributed by atoms with Crippen LogP contribution in [0.4, 0.5) is 0 Å². The van der Waals surface area contributed by atoms with E-state index in [2.05, 4.69) is 4.52 Å². The van der Waals surface area contributed by atoms with Gasteiger partial charge in [0.05, 0.1) is 6.61 Å². The van der Waals surface area contributed by atoms with Gasteiger partial charge in [-0.15, -0.1) is 0 Å². The maximum Gasteiger partial charge on any atom is 0.567 e. The molecule has 0 aromatic rings. The second-order valence-electron chi connectivity index (χ2n) is 2.84. The standard InChI is InChI=1S/C5H14O7P/c1-5(8,3-6)4(7)2-12-13(9,10)11/h4,6-11H,2-3H2,1H3/q+1. The van der Waals surface area contributed by atoms with E-state index < -0.39 is 33.1 Å². The number of aliphatic hydroxyl groups excluding tert-OH is 2. The summed E-state index contributed by atoms with van der Waals surface area (Å²) in [5.74, 6) is 0. The third-order valence-corrected chi connectivity index (χ3v) is 1.94. The Balaban J connectivity index is 3.95. The van der Waals surface area contributed by atoms with Crippen LogP contribution in [-0.2, 0) is 4.52 Å². The molecule has 0 amide bonds. The topological polar surface area (TPSA) is 131 Å². The smallest absolute Gasteiger partial charge is 0.393 e. The van der Waals surface area contributed by atoms with Crippen LogP contribution >= 0.6 is 8.17 Å². The van der Waals surface area contributed by atoms with E-state index in [0.29, 0.717) is 0 Å². The maximum atomic E-state index is 9.18. The second kappa shape index (κ2) is 4.59. The average molecular weight is 217 g/mol. The fourth-order valence-corrected chi connectivity index (χ4v) is 0.797. The monoisotopic (exact) mass is 217 g/mol. The summed E-state index contributed by atoms with van der Waals surface area (Å²) >= 11 is 0. The van der Waals surface area contributed by atoms with Crippen molar-refractivity contribution < 1.29 is 34.5 Å². The molecule has 0 aromatic carbocycles. The van der Waals surface area contributed by atoms with Gasteiger partial charge >= 0.3 is 8.17 Å². The predicted octanol–water partition coefficient (Wildman–Crippen LogP) is -2.24. The highest BCUT2D eigenvalue weighted by molar-refractivity contribution is 7.53. The van der Waals surface area contributed by atoms with E-state index in [-0.39, 0.29) is 0 Å². The summed E-state index contributed by atoms with van der Waals surface area (Å²) in [6.45, 7) is -0.274. The molecule has 0 spiro atoms. The van der Waals surface area contributed by atoms with Crippen LogP contribution in [0.5, 0.6) is 0 Å². The van der Waals surface area contributed by atoms with Gasteiger partial charge in [-0.3, -0.25) is 0 Å². The molecule has 2 atom stereocenters. The Kier molecular flexibility index (Phi) is 4.64. The first-order valence-corrected chi connectivity index (χ1v) is 4.98. The fourth-order valence-electron chi connectivity index (χ4n) is 0.456. The Morgan fingerprint density at radius 1 is 1.38 bits per heavy atom. The van der Waals surface area contributed by atoms with Crippen molar-refractivity contribution in [2.24, 2.45) is 0 Å². The van der Waals surface area contributed by atoms with Crippen LogP contribution in [0, 0.1) is 0 Å². The second-order valence-corrected chi connectivity index (χ2v) is 4.12. The van der Waals surface area contributed by atoms with E-state index in [0.717, 1.165) is 6.92 Å². The summed E-state index contributed by atoms with van der Waals surface area (Å²) in [5, 5.41) is 26.8. The molecule has 0 aliphatic carbocycles. The molecule has 0 aliphatic heterocycles. The summed E-state index contributed by atoms with van der Waals surface area (Å²) in [4.78, 5) is 25.0. The quantitative estimate of drug-likeness (QED) is 0.287. The third kappa shape index (κ3) is 5.45. The Morgan fingerprint density at radius 3 is 2.15 bits per heavy atom. The Labute approximate surface area is 75.5 Å². The van der Waals surface area contributed by atoms with Crippen LogP contribution in [0.15, 0.2) is 0 Å². The zero-order valence-electron chi connectivity index (χ0n) is 7.03. The van der Waals surface area contributed by atoms with E-state index in [1.165, 1.54) is 0 Å². The molecule has 6 N–H and O–H groups in total. The van der Waals surface area contributed by atoms with Crippen LogP contribution in [-0.4, -0.2) is 54.9 Å². The minimum Gasteiger partial charge on any atom is -0.393 e. The van der Waals surface area contributed by atoms with Gasteiger partial charge in [0.15, 0.2) is 0 Å². The van der Waals surface area contributed by atoms with E-state index in [1.807, 2.05) is 0 Å². The number of rotatable bonds is 5. The van der Waals surface area contributed by atoms with Crippen molar-refractivity contribution in [2.75, 3.05) is 13.2 Å². The molecule has 0 rings (SSSR count). The van der Waals surface area contributed by atoms with E-state index in [9.17, 15) is 5.11 Å². The highest BCUT2D eigenvalue weighted by Crippen LogP contribution is 2.45. The van der Waals surface area contributed by atoms with E-state index in [4.69, 9.17) is 24.9 Å². The van der Waals surface area contributed by atoms with Gasteiger partial charge in [0.2, 0.25) is 0 Å². The summed E-state index contributed by atoms with van der Waals surface area (Å²) in [6.07, 6.45) is -1.52. The van der Waals surface area contributed by atoms with Gasteiger partial charge in [-0.1, -0.05) is 0 Å². The lowest BCUT2D eigenvalue weighted by Crippen LogP contribution is -2.45. The molecule has 0 radical (unpaired) electrons. The van der Waals surface area contributed by atoms with Crippen LogP contribution in [0.3, 0.4) is 0 Å². The number of hydrogen-bond donors (Lipinski definition) is 6. The summed E-state index contributed by atoms with van der Waals surface area (Å²) in [5.41, 5.74) is -1.81. The predicted molar refractivity (Wildman–Crippen MR) is 43.2 cm³/mol. The molecular formula is C5H14O7P+. The van der Waals surface area contributed by atoms with Crippen molar-refractivity contribution in [3.63, 3.8) is 0 Å². The Morgan fingerprint density at radius 2 is 1.85 bits per heavy atom. The molecule has 0 aromatic heterocycles. The molecule has 8 heteroatoms. The summed E-state index contributed by atoms with van der Waals surface area (Å²) in [7, 11) is -4.40. The van der Waals surface area contributed by atoms with Crippen molar-refractivity contribution in [2.45, 2.75) is 18.6 Å². The average Bonchev–Trinajstić information content (AvgIpc) is 1.98. The van der Waals surface area contributed by atoms with Gasteiger partial charge in [0, 0.05) is 0 Å². The SMILES string of the molecule is CC(O)(CO)C(O)CO[P+](O)(O)O. The minimum atomic E-state index is -4.40. The van der Waals surface area contributed by atoms with Crippen molar-refractivity contribution in [1.82, 2.24) is 0 Å². The first-order valence-electron chi connectivity index (χ1n) is 3.42. The molecule has 2 unspecified atom stereocenters. The molecule has 0 heterocycles. The van der Waals surface area contributed by atoms with Crippen LogP contribution in [0.25, 0.3) is 0 Å². The van der Waals surface area contributed by atoms with Gasteiger partial charge in [-0.2, -0.15) is 19.2 Å². The molecule has 13 heavy (non-hydrogen) atoms. The van der Waals surface area contributed by atoms with Gasteiger partial charge < -0.3 is 15.3 Å². The molecular weight excluding hydrogens is 203 g/mol. The molecule has 0 fully saturated rings. The van der Waals surface area contributed by atoms with Gasteiger partial charge in [-0.05, 0) is 6.92 Å². The van der Waals surface area contributed by atoms with Gasteiger partial charge in [0.1, 0.15) is 18.3 Å². The zero-order chi connectivity index (χ0) is 10.7. The minimum absolute atomic E-state index is 0.690. The molecule has 80 valence electrons. The summed E-state index contributed by atoms with van der Waals surface area (Å²) < 4.78 is 4.04. The molecule has 0 bridgehead atoms. The highest BCUT2D eigenvalue weighted by atomic mass is 31.2. The highest BCUT2D eigenvalue weighted by Gasteiger charge is 2.38. The molecule has 0 saturated carbocycles. The van der Waals surface area contributed by atoms with E-state index >= 15 is 0 Å². The third-order valence-electron chi connectivity index (χ3n) is 1.44. The normalized spacial score (nSPS) is 19.6. The first-order chi connectivity index (χ1) is 5.69. The van der Waals surface area contributed by atoms with Crippen LogP contribution in [0.2, 0.25) is 0 Å². The number of aliphatic hydroxyl groups is 3. The zero-order valence-corrected chi connectivity index (χ0v) is 7.92. The molecule has 0 saturated heterocycles. The lowest BCUT2D eigenvalue weighted by Gasteiger charge is -2.25. The van der Waals surface area contributed by atoms with Crippen molar-refractivity contribution in [3.8, 4) is 0 Å². The Hall–Kier alpha value is 0.150. The van der Waals surface area contributed by atoms with Gasteiger partial charge in [0.25, 0.3) is 0 Å². The lowest BCUT2D eigenvalue weighted by molar-refractivity contribution is -0.108. The summed E-state index contributed by atoms with van der Waals surface area (Å²) in [6, 6.07) is 0. The first kappa shape index (κ1) is 13.2. The van der Waals surface area contributed by atoms with Gasteiger partial charge in [-0.25, -0.2) is 0 Å². The molecule has 0 aliphatic rings.